The van der Waals surface area contributed by atoms with Gasteiger partial charge >= 0.3 is 5.63 Å². The van der Waals surface area contributed by atoms with Gasteiger partial charge in [-0.2, -0.15) is 0 Å². The Balaban J connectivity index is 1.47. The highest BCUT2D eigenvalue weighted by Crippen LogP contribution is 2.32. The van der Waals surface area contributed by atoms with Crippen molar-refractivity contribution in [2.45, 2.75) is 30.2 Å². The van der Waals surface area contributed by atoms with Crippen LogP contribution < -0.4 is 11.5 Å². The minimum absolute atomic E-state index is 0.350. The van der Waals surface area contributed by atoms with Crippen LogP contribution in [-0.4, -0.2) is 14.9 Å². The fourth-order valence-electron chi connectivity index (χ4n) is 3.76. The number of fused-ring (bicyclic) bond motifs is 2. The van der Waals surface area contributed by atoms with Crippen molar-refractivity contribution in [3.8, 4) is 11.4 Å². The van der Waals surface area contributed by atoms with Crippen LogP contribution in [0.5, 0.6) is 0 Å². The number of thioether (sulfide) groups is 1. The molecule has 5 rings (SSSR count). The third-order valence-corrected chi connectivity index (χ3v) is 6.50. The molecule has 8 heteroatoms. The van der Waals surface area contributed by atoms with E-state index in [1.807, 2.05) is 24.3 Å². The first-order valence-corrected chi connectivity index (χ1v) is 10.6. The van der Waals surface area contributed by atoms with E-state index in [0.29, 0.717) is 27.3 Å². The number of rotatable bonds is 4. The van der Waals surface area contributed by atoms with Crippen LogP contribution in [0.15, 0.2) is 56.8 Å². The molecule has 0 saturated carbocycles. The van der Waals surface area contributed by atoms with Gasteiger partial charge in [0.15, 0.2) is 5.82 Å². The van der Waals surface area contributed by atoms with Crippen molar-refractivity contribution in [1.29, 1.82) is 0 Å². The van der Waals surface area contributed by atoms with Gasteiger partial charge in [0.2, 0.25) is 5.16 Å². The van der Waals surface area contributed by atoms with Crippen LogP contribution >= 0.6 is 23.4 Å². The third kappa shape index (κ3) is 3.30. The number of nitrogen functional groups attached to an aromatic ring is 1. The van der Waals surface area contributed by atoms with E-state index in [0.717, 1.165) is 35.8 Å². The average molecular weight is 425 g/mol. The maximum absolute atomic E-state index is 12.1. The molecule has 2 N–H and O–H groups in total. The van der Waals surface area contributed by atoms with Crippen LogP contribution in [0, 0.1) is 0 Å². The zero-order valence-corrected chi connectivity index (χ0v) is 17.0. The molecular weight excluding hydrogens is 408 g/mol. The summed E-state index contributed by atoms with van der Waals surface area (Å²) in [6, 6.07) is 13.1. The van der Waals surface area contributed by atoms with Gasteiger partial charge in [0.1, 0.15) is 5.58 Å². The zero-order chi connectivity index (χ0) is 20.0. The first-order chi connectivity index (χ1) is 14.1. The maximum atomic E-state index is 12.1. The molecule has 1 aliphatic rings. The van der Waals surface area contributed by atoms with Gasteiger partial charge in [-0.05, 0) is 60.2 Å². The Morgan fingerprint density at radius 1 is 1.14 bits per heavy atom. The molecule has 0 aliphatic heterocycles. The summed E-state index contributed by atoms with van der Waals surface area (Å²) in [6.07, 6.45) is 3.24. The standard InChI is InChI=1S/C21H17ClN4O2S/c22-17-7-2-1-6-15(17)20-24-25-21(26(20)23)29-11-14-10-19(27)28-18-9-13-5-3-4-12(13)8-16(14)18/h1-2,6-10H,3-5,11,23H2. The zero-order valence-electron chi connectivity index (χ0n) is 15.4. The van der Waals surface area contributed by atoms with Crippen molar-refractivity contribution < 1.29 is 4.42 Å². The molecule has 2 heterocycles. The van der Waals surface area contributed by atoms with Gasteiger partial charge in [-0.15, -0.1) is 10.2 Å². The molecular formula is C21H17ClN4O2S. The molecule has 6 nitrogen and oxygen atoms in total. The van der Waals surface area contributed by atoms with Crippen molar-refractivity contribution >= 4 is 34.3 Å². The van der Waals surface area contributed by atoms with Gasteiger partial charge in [0.05, 0.1) is 5.02 Å². The van der Waals surface area contributed by atoms with E-state index in [9.17, 15) is 4.79 Å². The Morgan fingerprint density at radius 2 is 1.93 bits per heavy atom. The largest absolute Gasteiger partial charge is 0.423 e. The number of aryl methyl sites for hydroxylation is 2. The summed E-state index contributed by atoms with van der Waals surface area (Å²) in [7, 11) is 0. The minimum Gasteiger partial charge on any atom is -0.423 e. The lowest BCUT2D eigenvalue weighted by Gasteiger charge is -2.08. The summed E-state index contributed by atoms with van der Waals surface area (Å²) < 4.78 is 6.87. The molecule has 0 radical (unpaired) electrons. The molecule has 0 fully saturated rings. The Morgan fingerprint density at radius 3 is 2.76 bits per heavy atom. The Kier molecular flexibility index (Phi) is 4.56. The third-order valence-electron chi connectivity index (χ3n) is 5.18. The second-order valence-electron chi connectivity index (χ2n) is 7.01. The van der Waals surface area contributed by atoms with E-state index in [2.05, 4.69) is 16.3 Å². The molecule has 0 bridgehead atoms. The smallest absolute Gasteiger partial charge is 0.336 e. The van der Waals surface area contributed by atoms with Gasteiger partial charge in [-0.3, -0.25) is 0 Å². The van der Waals surface area contributed by atoms with Gasteiger partial charge in [0.25, 0.3) is 0 Å². The number of hydrogen-bond acceptors (Lipinski definition) is 6. The van der Waals surface area contributed by atoms with Crippen LogP contribution in [0.2, 0.25) is 5.02 Å². The number of hydrogen-bond donors (Lipinski definition) is 1. The fraction of sp³-hybridized carbons (Fsp3) is 0.190. The van der Waals surface area contributed by atoms with Crippen LogP contribution in [0.1, 0.15) is 23.1 Å². The molecule has 0 atom stereocenters. The van der Waals surface area contributed by atoms with Crippen LogP contribution in [0.25, 0.3) is 22.4 Å². The molecule has 29 heavy (non-hydrogen) atoms. The second-order valence-corrected chi connectivity index (χ2v) is 8.36. The summed E-state index contributed by atoms with van der Waals surface area (Å²) in [4.78, 5) is 12.1. The predicted molar refractivity (Wildman–Crippen MR) is 115 cm³/mol. The van der Waals surface area contributed by atoms with E-state index in [1.165, 1.54) is 27.6 Å². The molecule has 0 spiro atoms. The number of halogens is 1. The van der Waals surface area contributed by atoms with E-state index in [1.54, 1.807) is 12.1 Å². The Hall–Kier alpha value is -2.77. The average Bonchev–Trinajstić information content (AvgIpc) is 3.31. The molecule has 4 aromatic rings. The molecule has 146 valence electrons. The summed E-state index contributed by atoms with van der Waals surface area (Å²) >= 11 is 7.67. The quantitative estimate of drug-likeness (QED) is 0.300. The number of nitrogens with two attached hydrogens (primary N) is 1. The molecule has 2 aromatic heterocycles. The Labute approximate surface area is 175 Å². The lowest BCUT2D eigenvalue weighted by molar-refractivity contribution is 0.559. The summed E-state index contributed by atoms with van der Waals surface area (Å²) in [6.45, 7) is 0. The van der Waals surface area contributed by atoms with Crippen molar-refractivity contribution in [2.24, 2.45) is 0 Å². The molecule has 0 saturated heterocycles. The van der Waals surface area contributed by atoms with Crippen molar-refractivity contribution in [3.05, 3.63) is 74.6 Å². The van der Waals surface area contributed by atoms with Crippen LogP contribution in [-0.2, 0) is 18.6 Å². The van der Waals surface area contributed by atoms with Gasteiger partial charge in [0, 0.05) is 22.8 Å². The van der Waals surface area contributed by atoms with E-state index in [-0.39, 0.29) is 5.63 Å². The van der Waals surface area contributed by atoms with Gasteiger partial charge < -0.3 is 10.3 Å². The molecule has 1 aliphatic carbocycles. The maximum Gasteiger partial charge on any atom is 0.336 e. The van der Waals surface area contributed by atoms with Crippen LogP contribution in [0.4, 0.5) is 0 Å². The van der Waals surface area contributed by atoms with E-state index in [4.69, 9.17) is 21.9 Å². The molecule has 0 unspecified atom stereocenters. The topological polar surface area (TPSA) is 86.9 Å². The van der Waals surface area contributed by atoms with Crippen molar-refractivity contribution in [3.63, 3.8) is 0 Å². The predicted octanol–water partition coefficient (Wildman–Crippen LogP) is 4.20. The van der Waals surface area contributed by atoms with Gasteiger partial charge in [-0.25, -0.2) is 9.47 Å². The monoisotopic (exact) mass is 424 g/mol. The second kappa shape index (κ2) is 7.24. The minimum atomic E-state index is -0.350. The van der Waals surface area contributed by atoms with E-state index >= 15 is 0 Å². The fourth-order valence-corrected chi connectivity index (χ4v) is 4.83. The van der Waals surface area contributed by atoms with E-state index < -0.39 is 0 Å². The SMILES string of the molecule is Nn1c(SCc2cc(=O)oc3cc4c(cc23)CCC4)nnc1-c1ccccc1Cl. The first-order valence-electron chi connectivity index (χ1n) is 9.27. The normalized spacial score (nSPS) is 13.1. The van der Waals surface area contributed by atoms with Crippen LogP contribution in [0.3, 0.4) is 0 Å². The highest BCUT2D eigenvalue weighted by atomic mass is 35.5. The Bertz CT molecular complexity index is 1300. The number of nitrogens with zero attached hydrogens (tertiary/aromatic N) is 3. The summed E-state index contributed by atoms with van der Waals surface area (Å²) in [5, 5.41) is 10.5. The summed E-state index contributed by atoms with van der Waals surface area (Å²) in [5.74, 6) is 7.24. The molecule has 2 aromatic carbocycles. The lowest BCUT2D eigenvalue weighted by Crippen LogP contribution is -2.11. The van der Waals surface area contributed by atoms with Crippen molar-refractivity contribution in [2.75, 3.05) is 5.84 Å². The van der Waals surface area contributed by atoms with Crippen molar-refractivity contribution in [1.82, 2.24) is 14.9 Å². The van der Waals surface area contributed by atoms with Gasteiger partial charge in [-0.1, -0.05) is 35.5 Å². The number of aromatic nitrogens is 3. The molecule has 0 amide bonds. The highest BCUT2D eigenvalue weighted by molar-refractivity contribution is 7.98. The lowest BCUT2D eigenvalue weighted by atomic mass is 10.0. The highest BCUT2D eigenvalue weighted by Gasteiger charge is 2.17. The first kappa shape index (κ1) is 18.3. The number of benzene rings is 2. The summed E-state index contributed by atoms with van der Waals surface area (Å²) in [5.41, 5.74) is 4.52.